The molecule has 2 atom stereocenters. The predicted octanol–water partition coefficient (Wildman–Crippen LogP) is 8.99. The van der Waals surface area contributed by atoms with Crippen molar-refractivity contribution in [2.45, 2.75) is 82.8 Å². The molecule has 3 fully saturated rings. The van der Waals surface area contributed by atoms with Gasteiger partial charge in [-0.2, -0.15) is 10.5 Å². The molecule has 4 aromatic carbocycles. The van der Waals surface area contributed by atoms with Crippen molar-refractivity contribution in [2.75, 3.05) is 0 Å². The second kappa shape index (κ2) is 13.4. The lowest BCUT2D eigenvalue weighted by Crippen LogP contribution is -2.41. The van der Waals surface area contributed by atoms with Crippen molar-refractivity contribution in [3.8, 4) is 46.3 Å². The number of hydrogen-bond acceptors (Lipinski definition) is 7. The SMILES string of the molecule is CC1(C)OB(c2ccc(C3CC4CC(C3)CC(c3ccc(-c5nc(-c6ccc(C#N)cc6)nc(-c6ccc(C#N)cc6)n5)cc3)C4)cc2)OC1(C)C. The number of aromatic nitrogens is 3. The normalized spacial score (nSPS) is 23.1. The quantitative estimate of drug-likeness (QED) is 0.165. The Morgan fingerprint density at radius 2 is 0.865 bits per heavy atom. The molecule has 2 heterocycles. The third-order valence-corrected chi connectivity index (χ3v) is 11.9. The molecule has 2 bridgehead atoms. The van der Waals surface area contributed by atoms with Crippen LogP contribution in [0.1, 0.15) is 93.9 Å². The molecule has 3 aliphatic rings. The highest BCUT2D eigenvalue weighted by Crippen LogP contribution is 2.51. The molecular weight excluding hydrogens is 641 g/mol. The molecule has 1 aromatic heterocycles. The Kier molecular flexibility index (Phi) is 8.78. The lowest BCUT2D eigenvalue weighted by atomic mass is 9.62. The molecule has 8 heteroatoms. The first-order valence-electron chi connectivity index (χ1n) is 18.4. The smallest absolute Gasteiger partial charge is 0.399 e. The summed E-state index contributed by atoms with van der Waals surface area (Å²) in [6.07, 6.45) is 6.24. The molecule has 258 valence electrons. The number of nitrogens with zero attached hydrogens (tertiary/aromatic N) is 5. The van der Waals surface area contributed by atoms with Gasteiger partial charge in [-0.1, -0.05) is 48.5 Å². The fraction of sp³-hybridized carbons (Fsp3) is 0.341. The minimum Gasteiger partial charge on any atom is -0.399 e. The zero-order valence-electron chi connectivity index (χ0n) is 30.2. The van der Waals surface area contributed by atoms with Crippen molar-refractivity contribution in [1.82, 2.24) is 15.0 Å². The first-order chi connectivity index (χ1) is 25.1. The minimum atomic E-state index is -0.339. The van der Waals surface area contributed by atoms with Crippen LogP contribution >= 0.6 is 0 Å². The van der Waals surface area contributed by atoms with E-state index in [9.17, 15) is 10.5 Å². The van der Waals surface area contributed by atoms with E-state index >= 15 is 0 Å². The van der Waals surface area contributed by atoms with Gasteiger partial charge in [0, 0.05) is 16.7 Å². The first kappa shape index (κ1) is 34.0. The lowest BCUT2D eigenvalue weighted by molar-refractivity contribution is 0.00578. The van der Waals surface area contributed by atoms with Crippen LogP contribution in [-0.4, -0.2) is 33.3 Å². The second-order valence-electron chi connectivity index (χ2n) is 15.9. The molecule has 7 nitrogen and oxygen atoms in total. The molecule has 0 N–H and O–H groups in total. The summed E-state index contributed by atoms with van der Waals surface area (Å²) in [6, 6.07) is 36.7. The molecule has 8 rings (SSSR count). The van der Waals surface area contributed by atoms with E-state index in [1.165, 1.54) is 43.2 Å². The predicted molar refractivity (Wildman–Crippen MR) is 203 cm³/mol. The maximum atomic E-state index is 9.29. The maximum absolute atomic E-state index is 9.29. The molecule has 0 radical (unpaired) electrons. The van der Waals surface area contributed by atoms with Crippen molar-refractivity contribution >= 4 is 12.6 Å². The Bertz CT molecular complexity index is 2060. The number of nitriles is 2. The summed E-state index contributed by atoms with van der Waals surface area (Å²) < 4.78 is 12.6. The fourth-order valence-corrected chi connectivity index (χ4v) is 8.35. The zero-order chi connectivity index (χ0) is 36.0. The van der Waals surface area contributed by atoms with E-state index < -0.39 is 0 Å². The van der Waals surface area contributed by atoms with Crippen molar-refractivity contribution in [1.29, 1.82) is 10.5 Å². The highest BCUT2D eigenvalue weighted by molar-refractivity contribution is 6.62. The molecule has 1 aliphatic heterocycles. The van der Waals surface area contributed by atoms with Crippen LogP contribution in [0.25, 0.3) is 34.2 Å². The largest absolute Gasteiger partial charge is 0.494 e. The molecular formula is C44H42BN5O2. The third-order valence-electron chi connectivity index (χ3n) is 11.9. The van der Waals surface area contributed by atoms with Gasteiger partial charge in [-0.05, 0) is 149 Å². The van der Waals surface area contributed by atoms with Crippen molar-refractivity contribution < 1.29 is 9.31 Å². The summed E-state index contributed by atoms with van der Waals surface area (Å²) in [4.78, 5) is 14.6. The van der Waals surface area contributed by atoms with Gasteiger partial charge in [-0.15, -0.1) is 0 Å². The standard InChI is InChI=1S/C44H42BN5O2/c1-43(2)44(3,4)52-45(51-43)39-19-17-33(18-20-39)38-24-30-21-31(25-38)23-37(22-30)32-13-15-36(16-14-32)42-49-40(34-9-5-28(26-46)6-10-34)48-41(50-42)35-11-7-29(27-47)8-12-35/h5-20,30-31,37-38H,21-25H2,1-4H3. The summed E-state index contributed by atoms with van der Waals surface area (Å²) in [5, 5.41) is 18.6. The Labute approximate surface area is 306 Å². The molecule has 52 heavy (non-hydrogen) atoms. The van der Waals surface area contributed by atoms with Gasteiger partial charge in [0.05, 0.1) is 34.5 Å². The molecule has 2 aliphatic carbocycles. The Hall–Kier alpha value is -5.15. The molecule has 0 amide bonds. The van der Waals surface area contributed by atoms with Crippen LogP contribution in [0.2, 0.25) is 0 Å². The van der Waals surface area contributed by atoms with E-state index in [0.29, 0.717) is 40.4 Å². The second-order valence-corrected chi connectivity index (χ2v) is 15.9. The molecule has 2 saturated carbocycles. The monoisotopic (exact) mass is 683 g/mol. The van der Waals surface area contributed by atoms with E-state index in [-0.39, 0.29) is 18.3 Å². The first-order valence-corrected chi connectivity index (χ1v) is 18.4. The summed E-state index contributed by atoms with van der Waals surface area (Å²) >= 11 is 0. The third kappa shape index (κ3) is 6.65. The molecule has 0 spiro atoms. The van der Waals surface area contributed by atoms with Gasteiger partial charge in [0.25, 0.3) is 0 Å². The van der Waals surface area contributed by atoms with Crippen LogP contribution in [-0.2, 0) is 9.31 Å². The van der Waals surface area contributed by atoms with E-state index in [2.05, 4.69) is 88.4 Å². The van der Waals surface area contributed by atoms with Crippen molar-refractivity contribution in [3.05, 3.63) is 119 Å². The summed E-state index contributed by atoms with van der Waals surface area (Å²) in [5.74, 6) is 4.25. The van der Waals surface area contributed by atoms with E-state index in [4.69, 9.17) is 24.3 Å². The highest BCUT2D eigenvalue weighted by Gasteiger charge is 2.51. The Morgan fingerprint density at radius 1 is 0.519 bits per heavy atom. The van der Waals surface area contributed by atoms with Gasteiger partial charge in [-0.25, -0.2) is 15.0 Å². The van der Waals surface area contributed by atoms with Gasteiger partial charge in [-0.3, -0.25) is 0 Å². The molecule has 5 aromatic rings. The highest BCUT2D eigenvalue weighted by atomic mass is 16.7. The zero-order valence-corrected chi connectivity index (χ0v) is 30.2. The van der Waals surface area contributed by atoms with Gasteiger partial charge < -0.3 is 9.31 Å². The van der Waals surface area contributed by atoms with Crippen LogP contribution in [0.4, 0.5) is 0 Å². The van der Waals surface area contributed by atoms with Crippen LogP contribution in [0.5, 0.6) is 0 Å². The number of rotatable bonds is 6. The summed E-state index contributed by atoms with van der Waals surface area (Å²) in [5.41, 5.74) is 6.94. The number of benzene rings is 4. The van der Waals surface area contributed by atoms with Crippen LogP contribution in [0.15, 0.2) is 97.1 Å². The van der Waals surface area contributed by atoms with E-state index in [0.717, 1.165) is 34.0 Å². The van der Waals surface area contributed by atoms with Crippen molar-refractivity contribution in [2.24, 2.45) is 11.8 Å². The van der Waals surface area contributed by atoms with E-state index in [1.807, 2.05) is 24.3 Å². The lowest BCUT2D eigenvalue weighted by Gasteiger charge is -2.43. The van der Waals surface area contributed by atoms with Gasteiger partial charge in [0.1, 0.15) is 0 Å². The van der Waals surface area contributed by atoms with Gasteiger partial charge in [0.2, 0.25) is 0 Å². The van der Waals surface area contributed by atoms with Crippen LogP contribution in [0.3, 0.4) is 0 Å². The Morgan fingerprint density at radius 3 is 1.23 bits per heavy atom. The number of fused-ring (bicyclic) bond motifs is 2. The van der Waals surface area contributed by atoms with Gasteiger partial charge in [0.15, 0.2) is 17.5 Å². The Balaban J connectivity index is 0.980. The van der Waals surface area contributed by atoms with Crippen molar-refractivity contribution in [3.63, 3.8) is 0 Å². The van der Waals surface area contributed by atoms with Crippen LogP contribution < -0.4 is 5.46 Å². The average molecular weight is 684 g/mol. The average Bonchev–Trinajstić information content (AvgIpc) is 3.40. The van der Waals surface area contributed by atoms with E-state index in [1.54, 1.807) is 24.3 Å². The molecule has 2 unspecified atom stereocenters. The summed E-state index contributed by atoms with van der Waals surface area (Å²) in [6.45, 7) is 8.40. The minimum absolute atomic E-state index is 0.323. The number of hydrogen-bond donors (Lipinski definition) is 0. The molecule has 1 saturated heterocycles. The maximum Gasteiger partial charge on any atom is 0.494 e. The topological polar surface area (TPSA) is 105 Å². The van der Waals surface area contributed by atoms with Crippen LogP contribution in [0, 0.1) is 34.5 Å². The van der Waals surface area contributed by atoms with Gasteiger partial charge >= 0.3 is 7.12 Å². The summed E-state index contributed by atoms with van der Waals surface area (Å²) in [7, 11) is -0.323. The fourth-order valence-electron chi connectivity index (χ4n) is 8.35.